The number of amides is 1. The average molecular weight is 443 g/mol. The van der Waals surface area contributed by atoms with Gasteiger partial charge in [0.1, 0.15) is 12.2 Å². The van der Waals surface area contributed by atoms with Crippen molar-refractivity contribution in [1.82, 2.24) is 5.32 Å². The van der Waals surface area contributed by atoms with Gasteiger partial charge in [0, 0.05) is 5.92 Å². The van der Waals surface area contributed by atoms with Crippen LogP contribution in [0.25, 0.3) is 11.1 Å². The van der Waals surface area contributed by atoms with Gasteiger partial charge in [-0.3, -0.25) is 0 Å². The highest BCUT2D eigenvalue weighted by atomic mass is 19.2. The molecule has 162 valence electrons. The molecule has 0 bridgehead atoms. The zero-order valence-corrected chi connectivity index (χ0v) is 16.3. The third-order valence-electron chi connectivity index (χ3n) is 5.09. The van der Waals surface area contributed by atoms with Crippen LogP contribution in [0.4, 0.5) is 26.7 Å². The molecule has 1 aliphatic rings. The van der Waals surface area contributed by atoms with Gasteiger partial charge in [-0.25, -0.2) is 26.7 Å². The maximum Gasteiger partial charge on any atom is 0.407 e. The molecule has 0 heterocycles. The molecule has 0 unspecified atom stereocenters. The third kappa shape index (κ3) is 3.78. The van der Waals surface area contributed by atoms with Crippen molar-refractivity contribution in [3.63, 3.8) is 0 Å². The highest BCUT2D eigenvalue weighted by Crippen LogP contribution is 2.44. The Bertz CT molecular complexity index is 1200. The summed E-state index contributed by atoms with van der Waals surface area (Å²) < 4.78 is 71.8. The van der Waals surface area contributed by atoms with E-state index in [1.54, 1.807) is 0 Å². The molecule has 3 aromatic rings. The van der Waals surface area contributed by atoms with Crippen molar-refractivity contribution in [3.05, 3.63) is 94.3 Å². The molecular weight excluding hydrogens is 429 g/mol. The smallest absolute Gasteiger partial charge is 0.407 e. The predicted molar refractivity (Wildman–Crippen MR) is 106 cm³/mol. The summed E-state index contributed by atoms with van der Waals surface area (Å²) in [5.41, 5.74) is 2.90. The van der Waals surface area contributed by atoms with E-state index in [1.165, 1.54) is 0 Å². The fraction of sp³-hybridized carbons (Fsp3) is 0.125. The Morgan fingerprint density at radius 2 is 1.31 bits per heavy atom. The highest BCUT2D eigenvalue weighted by Gasteiger charge is 2.29. The number of ether oxygens (including phenoxy) is 1. The molecule has 4 rings (SSSR count). The second-order valence-corrected chi connectivity index (χ2v) is 6.93. The molecule has 1 aliphatic carbocycles. The minimum absolute atomic E-state index is 0.0466. The van der Waals surface area contributed by atoms with Crippen molar-refractivity contribution in [2.45, 2.75) is 5.92 Å². The number of halogens is 5. The second kappa shape index (κ2) is 8.71. The molecule has 0 atom stereocenters. The van der Waals surface area contributed by atoms with Crippen molar-refractivity contribution in [1.29, 1.82) is 0 Å². The predicted octanol–water partition coefficient (Wildman–Crippen LogP) is 5.27. The molecule has 0 saturated heterocycles. The fourth-order valence-corrected chi connectivity index (χ4v) is 3.61. The van der Waals surface area contributed by atoms with Gasteiger partial charge >= 0.3 is 6.09 Å². The number of fused-ring (bicyclic) bond motifs is 3. The molecule has 32 heavy (non-hydrogen) atoms. The maximum absolute atomic E-state index is 13.6. The number of carbonyl (C=O) groups excluding carboxylic acids is 1. The zero-order valence-electron chi connectivity index (χ0n) is 16.3. The minimum atomic E-state index is -2.26. The molecule has 0 aliphatic heterocycles. The van der Waals surface area contributed by atoms with E-state index in [0.717, 1.165) is 22.3 Å². The van der Waals surface area contributed by atoms with Gasteiger partial charge < -0.3 is 10.1 Å². The first-order valence-corrected chi connectivity index (χ1v) is 9.49. The Kier molecular flexibility index (Phi) is 5.82. The first-order valence-electron chi connectivity index (χ1n) is 9.49. The van der Waals surface area contributed by atoms with E-state index < -0.39 is 47.3 Å². The van der Waals surface area contributed by atoms with Gasteiger partial charge in [0.15, 0.2) is 23.3 Å². The number of nitrogens with one attached hydrogen (secondary N) is 1. The van der Waals surface area contributed by atoms with E-state index in [2.05, 4.69) is 11.2 Å². The summed E-state index contributed by atoms with van der Waals surface area (Å²) in [5, 5.41) is 2.26. The lowest BCUT2D eigenvalue weighted by Crippen LogP contribution is -2.26. The number of benzene rings is 3. The topological polar surface area (TPSA) is 38.3 Å². The van der Waals surface area contributed by atoms with E-state index in [4.69, 9.17) is 4.74 Å². The average Bonchev–Trinajstić information content (AvgIpc) is 3.13. The first-order chi connectivity index (χ1) is 15.4. The van der Waals surface area contributed by atoms with Crippen LogP contribution < -0.4 is 5.32 Å². The van der Waals surface area contributed by atoms with Crippen LogP contribution in [-0.4, -0.2) is 19.2 Å². The van der Waals surface area contributed by atoms with Crippen LogP contribution >= 0.6 is 0 Å². The standard InChI is InChI=1S/C24H14F5NO2/c25-19-17(20(26)22(28)23(29)21(19)27)10-5-11-30-24(31)32-12-18-15-8-3-1-6-13(15)14-7-2-4-9-16(14)18/h1-4,6-9,18H,11-12H2,(H,30,31). The third-order valence-corrected chi connectivity index (χ3v) is 5.09. The Hall–Kier alpha value is -3.86. The summed E-state index contributed by atoms with van der Waals surface area (Å²) in [6, 6.07) is 15.5. The van der Waals surface area contributed by atoms with Gasteiger partial charge in [0.05, 0.1) is 6.54 Å². The van der Waals surface area contributed by atoms with Crippen LogP contribution in [0.2, 0.25) is 0 Å². The molecule has 0 saturated carbocycles. The molecular formula is C24H14F5NO2. The highest BCUT2D eigenvalue weighted by molar-refractivity contribution is 5.79. The van der Waals surface area contributed by atoms with Crippen molar-refractivity contribution in [2.75, 3.05) is 13.2 Å². The van der Waals surface area contributed by atoms with E-state index >= 15 is 0 Å². The molecule has 3 aromatic carbocycles. The Labute approximate surface area is 179 Å². The van der Waals surface area contributed by atoms with Crippen LogP contribution in [0, 0.1) is 40.9 Å². The maximum atomic E-state index is 13.6. The lowest BCUT2D eigenvalue weighted by atomic mass is 9.98. The van der Waals surface area contributed by atoms with Crippen molar-refractivity contribution in [3.8, 4) is 23.0 Å². The van der Waals surface area contributed by atoms with Gasteiger partial charge in [-0.15, -0.1) is 0 Å². The fourth-order valence-electron chi connectivity index (χ4n) is 3.61. The molecule has 0 spiro atoms. The largest absolute Gasteiger partial charge is 0.449 e. The first kappa shape index (κ1) is 21.4. The van der Waals surface area contributed by atoms with Gasteiger partial charge in [0.2, 0.25) is 5.82 Å². The molecule has 1 amide bonds. The SMILES string of the molecule is O=C(NCC#Cc1c(F)c(F)c(F)c(F)c1F)OCC1c2ccccc2-c2ccccc21. The zero-order chi connectivity index (χ0) is 22.8. The van der Waals surface area contributed by atoms with E-state index in [1.807, 2.05) is 54.5 Å². The molecule has 0 radical (unpaired) electrons. The monoisotopic (exact) mass is 443 g/mol. The molecule has 8 heteroatoms. The Morgan fingerprint density at radius 3 is 1.88 bits per heavy atom. The van der Waals surface area contributed by atoms with E-state index in [9.17, 15) is 26.7 Å². The number of hydrogen-bond acceptors (Lipinski definition) is 2. The van der Waals surface area contributed by atoms with E-state index in [-0.39, 0.29) is 12.5 Å². The molecule has 0 fully saturated rings. The number of alkyl carbamates (subject to hydrolysis) is 1. The van der Waals surface area contributed by atoms with Crippen LogP contribution in [0.3, 0.4) is 0 Å². The summed E-state index contributed by atoms with van der Waals surface area (Å²) in [6.45, 7) is -0.374. The van der Waals surface area contributed by atoms with Gasteiger partial charge in [-0.1, -0.05) is 60.4 Å². The van der Waals surface area contributed by atoms with Crippen LogP contribution in [-0.2, 0) is 4.74 Å². The van der Waals surface area contributed by atoms with E-state index in [0.29, 0.717) is 0 Å². The summed E-state index contributed by atoms with van der Waals surface area (Å²) in [4.78, 5) is 12.0. The Balaban J connectivity index is 1.39. The van der Waals surface area contributed by atoms with Crippen LogP contribution in [0.15, 0.2) is 48.5 Å². The second-order valence-electron chi connectivity index (χ2n) is 6.93. The number of carbonyl (C=O) groups is 1. The van der Waals surface area contributed by atoms with Crippen molar-refractivity contribution < 1.29 is 31.5 Å². The van der Waals surface area contributed by atoms with Crippen molar-refractivity contribution in [2.24, 2.45) is 0 Å². The lowest BCUT2D eigenvalue weighted by molar-refractivity contribution is 0.144. The number of hydrogen-bond donors (Lipinski definition) is 1. The van der Waals surface area contributed by atoms with Crippen molar-refractivity contribution >= 4 is 6.09 Å². The molecule has 3 nitrogen and oxygen atoms in total. The summed E-state index contributed by atoms with van der Waals surface area (Å²) >= 11 is 0. The normalized spacial score (nSPS) is 11.9. The quantitative estimate of drug-likeness (QED) is 0.259. The molecule has 1 N–H and O–H groups in total. The van der Waals surface area contributed by atoms with Gasteiger partial charge in [-0.05, 0) is 22.3 Å². The summed E-state index contributed by atoms with van der Waals surface area (Å²) in [6.07, 6.45) is -0.835. The summed E-state index contributed by atoms with van der Waals surface area (Å²) in [5.74, 6) is -6.66. The molecule has 0 aromatic heterocycles. The van der Waals surface area contributed by atoms with Crippen LogP contribution in [0.5, 0.6) is 0 Å². The van der Waals surface area contributed by atoms with Gasteiger partial charge in [-0.2, -0.15) is 0 Å². The van der Waals surface area contributed by atoms with Gasteiger partial charge in [0.25, 0.3) is 0 Å². The Morgan fingerprint density at radius 1 is 0.812 bits per heavy atom. The lowest BCUT2D eigenvalue weighted by Gasteiger charge is -2.14. The summed E-state index contributed by atoms with van der Waals surface area (Å²) in [7, 11) is 0. The van der Waals surface area contributed by atoms with Crippen LogP contribution in [0.1, 0.15) is 22.6 Å². The minimum Gasteiger partial charge on any atom is -0.449 e. The number of rotatable bonds is 3.